The first-order valence-electron chi connectivity index (χ1n) is 6.47. The topological polar surface area (TPSA) is 101 Å². The van der Waals surface area contributed by atoms with Crippen LogP contribution < -0.4 is 10.9 Å². The summed E-state index contributed by atoms with van der Waals surface area (Å²) in [6.45, 7) is 2.03. The molecule has 0 bridgehead atoms. The SMILES string of the molecule is Cc1csc(C(=O)NCc2nc(-c3ccc[nH]c3=O)no2)c1. The van der Waals surface area contributed by atoms with Crippen molar-refractivity contribution in [3.8, 4) is 11.4 Å². The van der Waals surface area contributed by atoms with E-state index < -0.39 is 0 Å². The highest BCUT2D eigenvalue weighted by Gasteiger charge is 2.13. The van der Waals surface area contributed by atoms with E-state index in [2.05, 4.69) is 20.4 Å². The van der Waals surface area contributed by atoms with Gasteiger partial charge in [-0.05, 0) is 36.1 Å². The summed E-state index contributed by atoms with van der Waals surface area (Å²) in [5, 5.41) is 8.35. The number of amides is 1. The standard InChI is InChI=1S/C14H12N4O3S/c1-8-5-10(22-7-8)14(20)16-6-11-17-12(18-21-11)9-3-2-4-15-13(9)19/h2-5,7H,6H2,1H3,(H,15,19)(H,16,20). The number of hydrogen-bond donors (Lipinski definition) is 2. The van der Waals surface area contributed by atoms with Gasteiger partial charge in [-0.25, -0.2) is 0 Å². The average molecular weight is 316 g/mol. The van der Waals surface area contributed by atoms with Crippen LogP contribution >= 0.6 is 11.3 Å². The van der Waals surface area contributed by atoms with Crippen molar-refractivity contribution in [3.63, 3.8) is 0 Å². The number of carbonyl (C=O) groups excluding carboxylic acids is 1. The molecule has 3 heterocycles. The summed E-state index contributed by atoms with van der Waals surface area (Å²) in [6.07, 6.45) is 1.52. The molecule has 0 saturated heterocycles. The molecule has 112 valence electrons. The van der Waals surface area contributed by atoms with Gasteiger partial charge in [-0.1, -0.05) is 5.16 Å². The van der Waals surface area contributed by atoms with E-state index in [1.54, 1.807) is 12.1 Å². The van der Waals surface area contributed by atoms with E-state index in [1.165, 1.54) is 17.5 Å². The number of aromatic amines is 1. The van der Waals surface area contributed by atoms with Gasteiger partial charge in [0, 0.05) is 6.20 Å². The zero-order chi connectivity index (χ0) is 15.5. The van der Waals surface area contributed by atoms with Crippen molar-refractivity contribution in [1.29, 1.82) is 0 Å². The Bertz CT molecular complexity index is 865. The molecule has 0 aliphatic heterocycles. The number of H-pyrrole nitrogens is 1. The Labute approximate surface area is 129 Å². The maximum atomic E-state index is 11.9. The Morgan fingerprint density at radius 1 is 1.50 bits per heavy atom. The molecule has 1 amide bonds. The third-order valence-electron chi connectivity index (χ3n) is 2.88. The predicted octanol–water partition coefficient (Wildman–Crippen LogP) is 1.72. The van der Waals surface area contributed by atoms with Crippen LogP contribution in [0.15, 0.2) is 39.1 Å². The number of pyridine rings is 1. The second-order valence-electron chi connectivity index (χ2n) is 4.60. The maximum absolute atomic E-state index is 11.9. The fraction of sp³-hybridized carbons (Fsp3) is 0.143. The predicted molar refractivity (Wildman–Crippen MR) is 80.6 cm³/mol. The van der Waals surface area contributed by atoms with Crippen molar-refractivity contribution in [2.75, 3.05) is 0 Å². The minimum absolute atomic E-state index is 0.105. The van der Waals surface area contributed by atoms with Crippen molar-refractivity contribution in [2.24, 2.45) is 0 Å². The van der Waals surface area contributed by atoms with E-state index in [0.717, 1.165) is 5.56 Å². The van der Waals surface area contributed by atoms with Crippen molar-refractivity contribution < 1.29 is 9.32 Å². The molecule has 3 aromatic heterocycles. The molecule has 22 heavy (non-hydrogen) atoms. The van der Waals surface area contributed by atoms with E-state index in [4.69, 9.17) is 4.52 Å². The van der Waals surface area contributed by atoms with E-state index in [1.807, 2.05) is 18.4 Å². The summed E-state index contributed by atoms with van der Waals surface area (Å²) < 4.78 is 5.04. The molecule has 3 rings (SSSR count). The lowest BCUT2D eigenvalue weighted by Crippen LogP contribution is -2.22. The van der Waals surface area contributed by atoms with Gasteiger partial charge in [0.05, 0.1) is 17.0 Å². The highest BCUT2D eigenvalue weighted by molar-refractivity contribution is 7.12. The molecule has 0 radical (unpaired) electrons. The fourth-order valence-corrected chi connectivity index (χ4v) is 2.64. The highest BCUT2D eigenvalue weighted by Crippen LogP contribution is 2.14. The normalized spacial score (nSPS) is 10.6. The van der Waals surface area contributed by atoms with Crippen molar-refractivity contribution in [1.82, 2.24) is 20.4 Å². The Hall–Kier alpha value is -2.74. The maximum Gasteiger partial charge on any atom is 0.261 e. The fourth-order valence-electron chi connectivity index (χ4n) is 1.83. The van der Waals surface area contributed by atoms with Crippen LogP contribution in [-0.2, 0) is 6.54 Å². The van der Waals surface area contributed by atoms with Gasteiger partial charge in [0.15, 0.2) is 0 Å². The largest absolute Gasteiger partial charge is 0.342 e. The molecule has 0 saturated carbocycles. The zero-order valence-corrected chi connectivity index (χ0v) is 12.4. The van der Waals surface area contributed by atoms with E-state index in [0.29, 0.717) is 10.4 Å². The van der Waals surface area contributed by atoms with Gasteiger partial charge >= 0.3 is 0 Å². The lowest BCUT2D eigenvalue weighted by Gasteiger charge is -1.98. The number of hydrogen-bond acceptors (Lipinski definition) is 6. The first-order chi connectivity index (χ1) is 10.6. The Balaban J connectivity index is 1.69. The Morgan fingerprint density at radius 3 is 3.09 bits per heavy atom. The van der Waals surface area contributed by atoms with Gasteiger partial charge in [0.2, 0.25) is 11.7 Å². The third kappa shape index (κ3) is 2.96. The quantitative estimate of drug-likeness (QED) is 0.763. The van der Waals surface area contributed by atoms with Crippen molar-refractivity contribution in [2.45, 2.75) is 13.5 Å². The Morgan fingerprint density at radius 2 is 2.36 bits per heavy atom. The summed E-state index contributed by atoms with van der Waals surface area (Å²) in [4.78, 5) is 30.8. The molecule has 8 heteroatoms. The molecule has 0 aromatic carbocycles. The summed E-state index contributed by atoms with van der Waals surface area (Å²) in [5.74, 6) is 0.230. The molecule has 3 aromatic rings. The average Bonchev–Trinajstić information content (AvgIpc) is 3.14. The molecule has 7 nitrogen and oxygen atoms in total. The highest BCUT2D eigenvalue weighted by atomic mass is 32.1. The number of rotatable bonds is 4. The number of aryl methyl sites for hydroxylation is 1. The summed E-state index contributed by atoms with van der Waals surface area (Å²) in [6, 6.07) is 5.08. The number of aromatic nitrogens is 3. The van der Waals surface area contributed by atoms with Crippen LogP contribution in [0, 0.1) is 6.92 Å². The second-order valence-corrected chi connectivity index (χ2v) is 5.51. The van der Waals surface area contributed by atoms with Crippen LogP contribution in [0.2, 0.25) is 0 Å². The summed E-state index contributed by atoms with van der Waals surface area (Å²) in [7, 11) is 0. The van der Waals surface area contributed by atoms with Crippen LogP contribution in [0.25, 0.3) is 11.4 Å². The number of nitrogens with one attached hydrogen (secondary N) is 2. The molecular formula is C14H12N4O3S. The first kappa shape index (κ1) is 14.2. The third-order valence-corrected chi connectivity index (χ3v) is 3.93. The van der Waals surface area contributed by atoms with Crippen molar-refractivity contribution in [3.05, 3.63) is 56.5 Å². The molecular weight excluding hydrogens is 304 g/mol. The second kappa shape index (κ2) is 5.94. The minimum Gasteiger partial charge on any atom is -0.342 e. The van der Waals surface area contributed by atoms with E-state index in [-0.39, 0.29) is 29.7 Å². The molecule has 0 unspecified atom stereocenters. The summed E-state index contributed by atoms with van der Waals surface area (Å²) >= 11 is 1.37. The van der Waals surface area contributed by atoms with Gasteiger partial charge in [-0.15, -0.1) is 11.3 Å². The molecule has 0 atom stereocenters. The number of nitrogens with zero attached hydrogens (tertiary/aromatic N) is 2. The lowest BCUT2D eigenvalue weighted by atomic mass is 10.3. The summed E-state index contributed by atoms with van der Waals surface area (Å²) in [5.41, 5.74) is 1.06. The van der Waals surface area contributed by atoms with Crippen LogP contribution in [-0.4, -0.2) is 21.0 Å². The van der Waals surface area contributed by atoms with Gasteiger partial charge in [-0.2, -0.15) is 4.98 Å². The monoisotopic (exact) mass is 316 g/mol. The number of carbonyl (C=O) groups is 1. The lowest BCUT2D eigenvalue weighted by molar-refractivity contribution is 0.0950. The molecule has 0 aliphatic rings. The van der Waals surface area contributed by atoms with Gasteiger partial charge in [0.25, 0.3) is 11.5 Å². The Kier molecular flexibility index (Phi) is 3.84. The first-order valence-corrected chi connectivity index (χ1v) is 7.35. The molecule has 0 spiro atoms. The molecule has 2 N–H and O–H groups in total. The van der Waals surface area contributed by atoms with Crippen LogP contribution in [0.1, 0.15) is 21.1 Å². The van der Waals surface area contributed by atoms with Crippen LogP contribution in [0.3, 0.4) is 0 Å². The molecule has 0 aliphatic carbocycles. The van der Waals surface area contributed by atoms with Crippen molar-refractivity contribution >= 4 is 17.2 Å². The van der Waals surface area contributed by atoms with Crippen LogP contribution in [0.4, 0.5) is 0 Å². The number of thiophene rings is 1. The van der Waals surface area contributed by atoms with Crippen LogP contribution in [0.5, 0.6) is 0 Å². The van der Waals surface area contributed by atoms with E-state index in [9.17, 15) is 9.59 Å². The smallest absolute Gasteiger partial charge is 0.261 e. The zero-order valence-electron chi connectivity index (χ0n) is 11.6. The van der Waals surface area contributed by atoms with Gasteiger partial charge in [0.1, 0.15) is 0 Å². The minimum atomic E-state index is -0.298. The van der Waals surface area contributed by atoms with Gasteiger partial charge < -0.3 is 14.8 Å². The molecule has 0 fully saturated rings. The van der Waals surface area contributed by atoms with Gasteiger partial charge in [-0.3, -0.25) is 9.59 Å². The van der Waals surface area contributed by atoms with E-state index >= 15 is 0 Å².